The van der Waals surface area contributed by atoms with Crippen molar-refractivity contribution in [2.45, 2.75) is 20.3 Å². The Kier molecular flexibility index (Phi) is 4.91. The van der Waals surface area contributed by atoms with E-state index in [4.69, 9.17) is 11.6 Å². The Labute approximate surface area is 150 Å². The lowest BCUT2D eigenvalue weighted by Crippen LogP contribution is -2.31. The second-order valence-corrected chi connectivity index (χ2v) is 6.63. The summed E-state index contributed by atoms with van der Waals surface area (Å²) in [6, 6.07) is 13.1. The molecule has 2 N–H and O–H groups in total. The van der Waals surface area contributed by atoms with Crippen LogP contribution in [0, 0.1) is 13.8 Å². The van der Waals surface area contributed by atoms with Crippen LogP contribution in [0.2, 0.25) is 5.02 Å². The largest absolute Gasteiger partial charge is 0.352 e. The van der Waals surface area contributed by atoms with Gasteiger partial charge in [0.25, 0.3) is 11.5 Å². The van der Waals surface area contributed by atoms with E-state index in [9.17, 15) is 9.59 Å². The van der Waals surface area contributed by atoms with Gasteiger partial charge in [-0.05, 0) is 61.0 Å². The summed E-state index contributed by atoms with van der Waals surface area (Å²) in [5.74, 6) is -0.371. The first-order valence-corrected chi connectivity index (χ1v) is 8.49. The molecule has 0 saturated heterocycles. The van der Waals surface area contributed by atoms with E-state index < -0.39 is 0 Å². The summed E-state index contributed by atoms with van der Waals surface area (Å²) in [6.45, 7) is 4.36. The Morgan fingerprint density at radius 2 is 1.96 bits per heavy atom. The van der Waals surface area contributed by atoms with Crippen molar-refractivity contribution in [3.05, 3.63) is 80.1 Å². The molecule has 0 spiro atoms. The number of aryl methyl sites for hydroxylation is 2. The van der Waals surface area contributed by atoms with Gasteiger partial charge in [0.05, 0.1) is 5.52 Å². The van der Waals surface area contributed by atoms with Crippen LogP contribution < -0.4 is 10.9 Å². The van der Waals surface area contributed by atoms with Crippen molar-refractivity contribution < 1.29 is 4.79 Å². The summed E-state index contributed by atoms with van der Waals surface area (Å²) < 4.78 is 0. The second kappa shape index (κ2) is 7.11. The summed E-state index contributed by atoms with van der Waals surface area (Å²) in [5, 5.41) is 4.33. The van der Waals surface area contributed by atoms with Crippen molar-refractivity contribution in [2.75, 3.05) is 6.54 Å². The van der Waals surface area contributed by atoms with E-state index >= 15 is 0 Å². The van der Waals surface area contributed by atoms with Gasteiger partial charge in [-0.2, -0.15) is 0 Å². The molecule has 0 aliphatic heterocycles. The van der Waals surface area contributed by atoms with E-state index in [0.29, 0.717) is 18.0 Å². The van der Waals surface area contributed by atoms with Crippen LogP contribution in [-0.4, -0.2) is 17.4 Å². The summed E-state index contributed by atoms with van der Waals surface area (Å²) in [7, 11) is 0. The molecule has 0 radical (unpaired) electrons. The van der Waals surface area contributed by atoms with Gasteiger partial charge in [-0.25, -0.2) is 0 Å². The molecule has 5 heteroatoms. The molecule has 3 rings (SSSR count). The highest BCUT2D eigenvalue weighted by molar-refractivity contribution is 6.30. The zero-order chi connectivity index (χ0) is 18.0. The van der Waals surface area contributed by atoms with Crippen molar-refractivity contribution in [1.82, 2.24) is 10.3 Å². The van der Waals surface area contributed by atoms with E-state index in [1.165, 1.54) is 0 Å². The average molecular weight is 355 g/mol. The van der Waals surface area contributed by atoms with Crippen molar-refractivity contribution in [3.63, 3.8) is 0 Å². The molecule has 0 unspecified atom stereocenters. The number of aromatic amines is 1. The number of pyridine rings is 1. The maximum Gasteiger partial charge on any atom is 0.261 e. The number of benzene rings is 2. The molecule has 4 nitrogen and oxygen atoms in total. The zero-order valence-electron chi connectivity index (χ0n) is 14.2. The third-order valence-corrected chi connectivity index (χ3v) is 4.36. The third-order valence-electron chi connectivity index (χ3n) is 4.13. The van der Waals surface area contributed by atoms with Gasteiger partial charge in [-0.1, -0.05) is 35.4 Å². The standard InChI is InChI=1S/C20H19ClN2O2/c1-12-8-13(2)18-15(9-12)11-17(20(25)23-18)19(24)22-7-6-14-4-3-5-16(21)10-14/h3-5,8-11H,6-7H2,1-2H3,(H,22,24)(H,23,25). The van der Waals surface area contributed by atoms with E-state index in [1.807, 2.05) is 50.2 Å². The van der Waals surface area contributed by atoms with Gasteiger partial charge in [0, 0.05) is 11.6 Å². The summed E-state index contributed by atoms with van der Waals surface area (Å²) in [4.78, 5) is 27.5. The Balaban J connectivity index is 1.77. The van der Waals surface area contributed by atoms with Gasteiger partial charge in [0.2, 0.25) is 0 Å². The van der Waals surface area contributed by atoms with E-state index in [1.54, 1.807) is 6.07 Å². The number of amides is 1. The lowest BCUT2D eigenvalue weighted by molar-refractivity contribution is 0.0953. The van der Waals surface area contributed by atoms with Gasteiger partial charge in [-0.15, -0.1) is 0 Å². The predicted octanol–water partition coefficient (Wildman–Crippen LogP) is 3.77. The van der Waals surface area contributed by atoms with E-state index in [-0.39, 0.29) is 17.0 Å². The summed E-state index contributed by atoms with van der Waals surface area (Å²) in [5.41, 5.74) is 3.63. The Morgan fingerprint density at radius 1 is 1.16 bits per heavy atom. The molecule has 1 aromatic heterocycles. The molecule has 3 aromatic rings. The topological polar surface area (TPSA) is 62.0 Å². The van der Waals surface area contributed by atoms with Gasteiger partial charge in [0.1, 0.15) is 5.56 Å². The predicted molar refractivity (Wildman–Crippen MR) is 102 cm³/mol. The van der Waals surface area contributed by atoms with Crippen molar-refractivity contribution in [1.29, 1.82) is 0 Å². The van der Waals surface area contributed by atoms with Crippen LogP contribution in [0.15, 0.2) is 47.3 Å². The fourth-order valence-electron chi connectivity index (χ4n) is 2.96. The second-order valence-electron chi connectivity index (χ2n) is 6.19. The lowest BCUT2D eigenvalue weighted by atomic mass is 10.1. The minimum atomic E-state index is -0.375. The van der Waals surface area contributed by atoms with Crippen LogP contribution in [0.4, 0.5) is 0 Å². The van der Waals surface area contributed by atoms with Crippen LogP contribution in [0.3, 0.4) is 0 Å². The lowest BCUT2D eigenvalue weighted by Gasteiger charge is -2.08. The third kappa shape index (κ3) is 3.91. The number of H-pyrrole nitrogens is 1. The maximum absolute atomic E-state index is 12.4. The first-order valence-electron chi connectivity index (χ1n) is 8.11. The van der Waals surface area contributed by atoms with Gasteiger partial charge in [-0.3, -0.25) is 9.59 Å². The molecular weight excluding hydrogens is 336 g/mol. The average Bonchev–Trinajstić information content (AvgIpc) is 2.55. The number of fused-ring (bicyclic) bond motifs is 1. The molecule has 0 atom stereocenters. The highest BCUT2D eigenvalue weighted by atomic mass is 35.5. The first-order chi connectivity index (χ1) is 11.9. The van der Waals surface area contributed by atoms with Crippen molar-refractivity contribution in [2.24, 2.45) is 0 Å². The zero-order valence-corrected chi connectivity index (χ0v) is 14.9. The first kappa shape index (κ1) is 17.2. The molecule has 128 valence electrons. The van der Waals surface area contributed by atoms with E-state index in [0.717, 1.165) is 27.6 Å². The number of carbonyl (C=O) groups excluding carboxylic acids is 1. The van der Waals surface area contributed by atoms with Crippen LogP contribution in [0.25, 0.3) is 10.9 Å². The molecule has 2 aromatic carbocycles. The quantitative estimate of drug-likeness (QED) is 0.749. The Hall–Kier alpha value is -2.59. The van der Waals surface area contributed by atoms with Crippen molar-refractivity contribution in [3.8, 4) is 0 Å². The molecule has 1 heterocycles. The SMILES string of the molecule is Cc1cc(C)c2[nH]c(=O)c(C(=O)NCCc3cccc(Cl)c3)cc2c1. The number of carbonyl (C=O) groups is 1. The molecule has 1 amide bonds. The molecule has 0 fully saturated rings. The Morgan fingerprint density at radius 3 is 2.72 bits per heavy atom. The van der Waals surface area contributed by atoms with Crippen molar-refractivity contribution >= 4 is 28.4 Å². The Bertz CT molecular complexity index is 1010. The number of rotatable bonds is 4. The van der Waals surface area contributed by atoms with Gasteiger partial charge >= 0.3 is 0 Å². The number of hydrogen-bond donors (Lipinski definition) is 2. The smallest absolute Gasteiger partial charge is 0.261 e. The van der Waals surface area contributed by atoms with Crippen LogP contribution in [-0.2, 0) is 6.42 Å². The molecule has 25 heavy (non-hydrogen) atoms. The molecule has 0 aliphatic rings. The molecule has 0 aliphatic carbocycles. The van der Waals surface area contributed by atoms with Gasteiger partial charge in [0.15, 0.2) is 0 Å². The number of nitrogens with one attached hydrogen (secondary N) is 2. The number of hydrogen-bond acceptors (Lipinski definition) is 2. The fourth-order valence-corrected chi connectivity index (χ4v) is 3.18. The minimum Gasteiger partial charge on any atom is -0.352 e. The monoisotopic (exact) mass is 354 g/mol. The number of halogens is 1. The highest BCUT2D eigenvalue weighted by Gasteiger charge is 2.12. The highest BCUT2D eigenvalue weighted by Crippen LogP contribution is 2.18. The molecule has 0 bridgehead atoms. The van der Waals surface area contributed by atoms with Gasteiger partial charge < -0.3 is 10.3 Å². The maximum atomic E-state index is 12.4. The molecule has 0 saturated carbocycles. The molecular formula is C20H19ClN2O2. The summed E-state index contributed by atoms with van der Waals surface area (Å²) in [6.07, 6.45) is 0.649. The minimum absolute atomic E-state index is 0.128. The summed E-state index contributed by atoms with van der Waals surface area (Å²) >= 11 is 5.95. The normalized spacial score (nSPS) is 10.8. The van der Waals surface area contributed by atoms with Crippen LogP contribution in [0.1, 0.15) is 27.0 Å². The van der Waals surface area contributed by atoms with Crippen LogP contribution >= 0.6 is 11.6 Å². The van der Waals surface area contributed by atoms with Crippen LogP contribution in [0.5, 0.6) is 0 Å². The number of aromatic nitrogens is 1. The van der Waals surface area contributed by atoms with E-state index in [2.05, 4.69) is 10.3 Å². The fraction of sp³-hybridized carbons (Fsp3) is 0.200.